The minimum Gasteiger partial charge on any atom is -0.368 e. The fourth-order valence-electron chi connectivity index (χ4n) is 2.18. The lowest BCUT2D eigenvalue weighted by molar-refractivity contribution is -0.138. The molecule has 0 spiro atoms. The van der Waals surface area contributed by atoms with Crippen molar-refractivity contribution in [2.75, 3.05) is 12.3 Å². The maximum Gasteiger partial charge on any atom is 0.240 e. The van der Waals surface area contributed by atoms with Crippen molar-refractivity contribution in [3.63, 3.8) is 0 Å². The van der Waals surface area contributed by atoms with Gasteiger partial charge in [-0.05, 0) is 31.4 Å². The molecule has 5 nitrogen and oxygen atoms in total. The zero-order valence-corrected chi connectivity index (χ0v) is 11.4. The molecule has 2 rings (SSSR count). The summed E-state index contributed by atoms with van der Waals surface area (Å²) in [6.45, 7) is 0.620. The molecule has 1 atom stereocenters. The van der Waals surface area contributed by atoms with Gasteiger partial charge in [-0.15, -0.1) is 0 Å². The zero-order chi connectivity index (χ0) is 13.7. The van der Waals surface area contributed by atoms with Crippen molar-refractivity contribution < 1.29 is 9.59 Å². The number of amides is 2. The van der Waals surface area contributed by atoms with E-state index < -0.39 is 11.9 Å². The first-order valence-corrected chi connectivity index (χ1v) is 7.29. The van der Waals surface area contributed by atoms with E-state index in [0.29, 0.717) is 18.7 Å². The van der Waals surface area contributed by atoms with Gasteiger partial charge in [-0.3, -0.25) is 9.59 Å². The molecule has 0 aromatic carbocycles. The molecule has 19 heavy (non-hydrogen) atoms. The number of thioether (sulfide) groups is 1. The van der Waals surface area contributed by atoms with Crippen LogP contribution in [-0.2, 0) is 9.59 Å². The number of piperidine rings is 1. The van der Waals surface area contributed by atoms with Crippen molar-refractivity contribution in [1.29, 1.82) is 0 Å². The molecular formula is C13H17N3O2S. The molecule has 0 bridgehead atoms. The Balaban J connectivity index is 1.93. The number of hydrogen-bond donors (Lipinski definition) is 1. The number of rotatable bonds is 4. The van der Waals surface area contributed by atoms with Crippen LogP contribution in [0.4, 0.5) is 0 Å². The van der Waals surface area contributed by atoms with Gasteiger partial charge in [0.1, 0.15) is 6.04 Å². The summed E-state index contributed by atoms with van der Waals surface area (Å²) < 4.78 is 0. The summed E-state index contributed by atoms with van der Waals surface area (Å²) in [5.41, 5.74) is 5.35. The predicted octanol–water partition coefficient (Wildman–Crippen LogP) is 1.04. The van der Waals surface area contributed by atoms with Gasteiger partial charge >= 0.3 is 0 Å². The molecule has 1 fully saturated rings. The molecule has 2 N–H and O–H groups in total. The Labute approximate surface area is 116 Å². The Morgan fingerprint density at radius 1 is 1.42 bits per heavy atom. The molecule has 2 heterocycles. The predicted molar refractivity (Wildman–Crippen MR) is 73.5 cm³/mol. The SMILES string of the molecule is NC(=O)[C@@H]1CCCCN1C(=O)CSc1ccccn1. The van der Waals surface area contributed by atoms with E-state index in [4.69, 9.17) is 5.73 Å². The lowest BCUT2D eigenvalue weighted by Gasteiger charge is -2.33. The van der Waals surface area contributed by atoms with Gasteiger partial charge in [-0.2, -0.15) is 0 Å². The van der Waals surface area contributed by atoms with Crippen LogP contribution in [-0.4, -0.2) is 40.0 Å². The van der Waals surface area contributed by atoms with Gasteiger partial charge in [0.2, 0.25) is 11.8 Å². The fourth-order valence-corrected chi connectivity index (χ4v) is 2.92. The topological polar surface area (TPSA) is 76.3 Å². The van der Waals surface area contributed by atoms with Gasteiger partial charge in [-0.1, -0.05) is 17.8 Å². The van der Waals surface area contributed by atoms with Crippen LogP contribution in [0.3, 0.4) is 0 Å². The second-order valence-corrected chi connectivity index (χ2v) is 5.45. The molecule has 1 aliphatic rings. The Morgan fingerprint density at radius 2 is 2.26 bits per heavy atom. The second kappa shape index (κ2) is 6.56. The molecule has 102 valence electrons. The first-order valence-electron chi connectivity index (χ1n) is 6.31. The summed E-state index contributed by atoms with van der Waals surface area (Å²) in [5, 5.41) is 0.809. The summed E-state index contributed by atoms with van der Waals surface area (Å²) in [6.07, 6.45) is 4.25. The minimum absolute atomic E-state index is 0.0425. The highest BCUT2D eigenvalue weighted by atomic mass is 32.2. The molecule has 0 unspecified atom stereocenters. The maximum atomic E-state index is 12.2. The standard InChI is InChI=1S/C13H17N3O2S/c14-13(18)10-5-2-4-8-16(10)12(17)9-19-11-6-1-3-7-15-11/h1,3,6-7,10H,2,4-5,8-9H2,(H2,14,18)/t10-/m0/s1. The first-order chi connectivity index (χ1) is 9.18. The van der Waals surface area contributed by atoms with Crippen LogP contribution in [0.25, 0.3) is 0 Å². The number of carbonyl (C=O) groups excluding carboxylic acids is 2. The number of pyridine rings is 1. The van der Waals surface area contributed by atoms with Gasteiger partial charge in [0.25, 0.3) is 0 Å². The quantitative estimate of drug-likeness (QED) is 0.836. The van der Waals surface area contributed by atoms with Crippen molar-refractivity contribution in [1.82, 2.24) is 9.88 Å². The number of aromatic nitrogens is 1. The average Bonchev–Trinajstić information content (AvgIpc) is 2.46. The molecule has 0 radical (unpaired) electrons. The molecule has 6 heteroatoms. The number of nitrogens with zero attached hydrogens (tertiary/aromatic N) is 2. The summed E-state index contributed by atoms with van der Waals surface area (Å²) in [5.74, 6) is -0.157. The zero-order valence-electron chi connectivity index (χ0n) is 10.6. The van der Waals surface area contributed by atoms with Crippen LogP contribution < -0.4 is 5.73 Å². The number of carbonyl (C=O) groups is 2. The Kier molecular flexibility index (Phi) is 4.79. The molecular weight excluding hydrogens is 262 g/mol. The highest BCUT2D eigenvalue weighted by Crippen LogP contribution is 2.20. The Morgan fingerprint density at radius 3 is 2.95 bits per heavy atom. The summed E-state index contributed by atoms with van der Waals surface area (Å²) in [7, 11) is 0. The summed E-state index contributed by atoms with van der Waals surface area (Å²) >= 11 is 1.38. The van der Waals surface area contributed by atoms with E-state index in [0.717, 1.165) is 17.9 Å². The lowest BCUT2D eigenvalue weighted by atomic mass is 10.0. The van der Waals surface area contributed by atoms with E-state index in [2.05, 4.69) is 4.98 Å². The number of likely N-dealkylation sites (tertiary alicyclic amines) is 1. The van der Waals surface area contributed by atoms with Crippen molar-refractivity contribution in [2.24, 2.45) is 5.73 Å². The van der Waals surface area contributed by atoms with Crippen LogP contribution in [0.5, 0.6) is 0 Å². The van der Waals surface area contributed by atoms with Crippen LogP contribution in [0.15, 0.2) is 29.4 Å². The highest BCUT2D eigenvalue weighted by Gasteiger charge is 2.30. The number of nitrogens with two attached hydrogens (primary N) is 1. The van der Waals surface area contributed by atoms with Crippen LogP contribution in [0.2, 0.25) is 0 Å². The van der Waals surface area contributed by atoms with Crippen molar-refractivity contribution >= 4 is 23.6 Å². The number of hydrogen-bond acceptors (Lipinski definition) is 4. The molecule has 1 aromatic heterocycles. The van der Waals surface area contributed by atoms with Crippen molar-refractivity contribution in [3.8, 4) is 0 Å². The second-order valence-electron chi connectivity index (χ2n) is 4.46. The summed E-state index contributed by atoms with van der Waals surface area (Å²) in [6, 6.07) is 5.14. The molecule has 1 aliphatic heterocycles. The molecule has 2 amide bonds. The van der Waals surface area contributed by atoms with E-state index in [1.54, 1.807) is 11.1 Å². The van der Waals surface area contributed by atoms with E-state index in [1.807, 2.05) is 18.2 Å². The molecule has 1 saturated heterocycles. The average molecular weight is 279 g/mol. The van der Waals surface area contributed by atoms with Crippen molar-refractivity contribution in [3.05, 3.63) is 24.4 Å². The molecule has 0 saturated carbocycles. The van der Waals surface area contributed by atoms with Crippen LogP contribution in [0, 0.1) is 0 Å². The van der Waals surface area contributed by atoms with Crippen LogP contribution in [0.1, 0.15) is 19.3 Å². The van der Waals surface area contributed by atoms with E-state index in [9.17, 15) is 9.59 Å². The minimum atomic E-state index is -0.439. The fraction of sp³-hybridized carbons (Fsp3) is 0.462. The Bertz CT molecular complexity index is 452. The maximum absolute atomic E-state index is 12.2. The largest absolute Gasteiger partial charge is 0.368 e. The van der Waals surface area contributed by atoms with Gasteiger partial charge in [0.05, 0.1) is 10.8 Å². The van der Waals surface area contributed by atoms with Gasteiger partial charge < -0.3 is 10.6 Å². The van der Waals surface area contributed by atoms with E-state index in [-0.39, 0.29) is 5.91 Å². The normalized spacial score (nSPS) is 19.2. The monoisotopic (exact) mass is 279 g/mol. The molecule has 0 aliphatic carbocycles. The first kappa shape index (κ1) is 13.9. The smallest absolute Gasteiger partial charge is 0.240 e. The van der Waals surface area contributed by atoms with Crippen molar-refractivity contribution in [2.45, 2.75) is 30.3 Å². The lowest BCUT2D eigenvalue weighted by Crippen LogP contribution is -2.51. The van der Waals surface area contributed by atoms with E-state index in [1.165, 1.54) is 11.8 Å². The molecule has 1 aromatic rings. The third kappa shape index (κ3) is 3.70. The third-order valence-electron chi connectivity index (χ3n) is 3.13. The third-order valence-corrected chi connectivity index (χ3v) is 4.06. The highest BCUT2D eigenvalue weighted by molar-refractivity contribution is 7.99. The van der Waals surface area contributed by atoms with Gasteiger partial charge in [0, 0.05) is 12.7 Å². The van der Waals surface area contributed by atoms with Crippen LogP contribution >= 0.6 is 11.8 Å². The van der Waals surface area contributed by atoms with Gasteiger partial charge in [0.15, 0.2) is 0 Å². The van der Waals surface area contributed by atoms with E-state index >= 15 is 0 Å². The van der Waals surface area contributed by atoms with Gasteiger partial charge in [-0.25, -0.2) is 4.98 Å². The summed E-state index contributed by atoms with van der Waals surface area (Å²) in [4.78, 5) is 29.3. The Hall–Kier alpha value is -1.56. The number of primary amides is 1.